The normalized spacial score (nSPS) is 13.8. The zero-order valence-corrected chi connectivity index (χ0v) is 14.0. The van der Waals surface area contributed by atoms with E-state index in [0.717, 1.165) is 19.3 Å². The molecule has 0 fully saturated rings. The van der Waals surface area contributed by atoms with Gasteiger partial charge < -0.3 is 10.5 Å². The number of hydrogen-bond acceptors (Lipinski definition) is 3. The van der Waals surface area contributed by atoms with E-state index >= 15 is 0 Å². The number of carbonyl (C=O) groups excluding carboxylic acids is 1. The molecule has 0 aliphatic carbocycles. The quantitative estimate of drug-likeness (QED) is 0.783. The first-order chi connectivity index (χ1) is 9.90. The maximum absolute atomic E-state index is 11.4. The molecule has 3 heteroatoms. The Morgan fingerprint density at radius 3 is 2.43 bits per heavy atom. The van der Waals surface area contributed by atoms with E-state index in [1.54, 1.807) is 0 Å². The van der Waals surface area contributed by atoms with Gasteiger partial charge >= 0.3 is 5.97 Å². The maximum atomic E-state index is 11.4. The highest BCUT2D eigenvalue weighted by Crippen LogP contribution is 2.23. The number of rotatable bonds is 7. The van der Waals surface area contributed by atoms with Gasteiger partial charge in [0, 0.05) is 0 Å². The predicted octanol–water partition coefficient (Wildman–Crippen LogP) is 3.46. The number of methoxy groups -OCH3 is 1. The molecule has 0 aromatic heterocycles. The first-order valence-electron chi connectivity index (χ1n) is 7.79. The van der Waals surface area contributed by atoms with E-state index in [1.165, 1.54) is 29.4 Å². The molecule has 1 aromatic rings. The van der Waals surface area contributed by atoms with Crippen LogP contribution in [0.3, 0.4) is 0 Å². The Labute approximate surface area is 128 Å². The molecule has 0 aliphatic rings. The van der Waals surface area contributed by atoms with E-state index < -0.39 is 6.04 Å². The zero-order valence-electron chi connectivity index (χ0n) is 14.0. The second-order valence-electron chi connectivity index (χ2n) is 5.98. The van der Waals surface area contributed by atoms with Crippen LogP contribution >= 0.6 is 0 Å². The summed E-state index contributed by atoms with van der Waals surface area (Å²) in [7, 11) is 1.39. The molecule has 0 spiro atoms. The third-order valence-corrected chi connectivity index (χ3v) is 4.57. The number of carbonyl (C=O) groups is 1. The van der Waals surface area contributed by atoms with Crippen molar-refractivity contribution in [3.63, 3.8) is 0 Å². The molecule has 0 saturated carbocycles. The van der Waals surface area contributed by atoms with Gasteiger partial charge in [-0.15, -0.1) is 0 Å². The van der Waals surface area contributed by atoms with Crippen LogP contribution in [-0.4, -0.2) is 19.1 Å². The lowest BCUT2D eigenvalue weighted by Gasteiger charge is -2.20. The summed E-state index contributed by atoms with van der Waals surface area (Å²) in [5, 5.41) is 0. The molecule has 2 N–H and O–H groups in total. The van der Waals surface area contributed by atoms with Gasteiger partial charge in [0.05, 0.1) is 7.11 Å². The van der Waals surface area contributed by atoms with Gasteiger partial charge in [0.1, 0.15) is 6.04 Å². The van der Waals surface area contributed by atoms with Crippen molar-refractivity contribution in [1.82, 2.24) is 0 Å². The lowest BCUT2D eigenvalue weighted by atomic mass is 9.88. The molecule has 0 saturated heterocycles. The lowest BCUT2D eigenvalue weighted by molar-refractivity contribution is -0.142. The minimum atomic E-state index is -0.500. The van der Waals surface area contributed by atoms with E-state index in [0.29, 0.717) is 12.3 Å². The van der Waals surface area contributed by atoms with Gasteiger partial charge in [0.2, 0.25) is 0 Å². The summed E-state index contributed by atoms with van der Waals surface area (Å²) in [6, 6.07) is 3.87. The van der Waals surface area contributed by atoms with Gasteiger partial charge in [0.25, 0.3) is 0 Å². The summed E-state index contributed by atoms with van der Waals surface area (Å²) in [4.78, 5) is 11.4. The first kappa shape index (κ1) is 17.7. The number of ether oxygens (including phenoxy) is 1. The van der Waals surface area contributed by atoms with Crippen molar-refractivity contribution in [2.75, 3.05) is 7.11 Å². The molecule has 0 aliphatic heterocycles. The van der Waals surface area contributed by atoms with Crippen molar-refractivity contribution in [2.45, 2.75) is 59.4 Å². The van der Waals surface area contributed by atoms with E-state index in [2.05, 4.69) is 39.8 Å². The molecule has 0 amide bonds. The summed E-state index contributed by atoms with van der Waals surface area (Å²) in [6.07, 6.45) is 3.85. The second-order valence-corrected chi connectivity index (χ2v) is 5.98. The molecule has 1 aromatic carbocycles. The van der Waals surface area contributed by atoms with Crippen LogP contribution in [0.5, 0.6) is 0 Å². The van der Waals surface area contributed by atoms with Gasteiger partial charge in [-0.05, 0) is 68.2 Å². The molecule has 2 unspecified atom stereocenters. The Morgan fingerprint density at radius 1 is 1.24 bits per heavy atom. The van der Waals surface area contributed by atoms with Crippen LogP contribution in [0.25, 0.3) is 0 Å². The summed E-state index contributed by atoms with van der Waals surface area (Å²) in [5.41, 5.74) is 11.4. The van der Waals surface area contributed by atoms with Crippen LogP contribution in [0, 0.1) is 26.7 Å². The summed E-state index contributed by atoms with van der Waals surface area (Å²) in [6.45, 7) is 8.68. The molecule has 0 radical (unpaired) electrons. The van der Waals surface area contributed by atoms with Crippen molar-refractivity contribution >= 4 is 5.97 Å². The number of hydrogen-bond donors (Lipinski definition) is 1. The Balaban J connectivity index is 2.68. The fraction of sp³-hybridized carbons (Fsp3) is 0.611. The largest absolute Gasteiger partial charge is 0.468 e. The zero-order chi connectivity index (χ0) is 16.0. The van der Waals surface area contributed by atoms with E-state index in [-0.39, 0.29) is 5.97 Å². The van der Waals surface area contributed by atoms with Crippen molar-refractivity contribution in [2.24, 2.45) is 11.7 Å². The fourth-order valence-corrected chi connectivity index (χ4v) is 2.84. The van der Waals surface area contributed by atoms with Crippen LogP contribution < -0.4 is 5.73 Å². The third-order valence-electron chi connectivity index (χ3n) is 4.57. The van der Waals surface area contributed by atoms with Crippen LogP contribution in [0.4, 0.5) is 0 Å². The van der Waals surface area contributed by atoms with Gasteiger partial charge in [-0.1, -0.05) is 25.5 Å². The van der Waals surface area contributed by atoms with Crippen LogP contribution in [0.2, 0.25) is 0 Å². The molecule has 118 valence electrons. The fourth-order valence-electron chi connectivity index (χ4n) is 2.84. The van der Waals surface area contributed by atoms with Crippen LogP contribution in [-0.2, 0) is 16.0 Å². The molecule has 0 bridgehead atoms. The number of benzene rings is 1. The van der Waals surface area contributed by atoms with Gasteiger partial charge in [-0.25, -0.2) is 0 Å². The van der Waals surface area contributed by atoms with Crippen LogP contribution in [0.15, 0.2) is 12.1 Å². The van der Waals surface area contributed by atoms with Gasteiger partial charge in [-0.3, -0.25) is 4.79 Å². The third kappa shape index (κ3) is 4.85. The Hall–Kier alpha value is -1.35. The first-order valence-corrected chi connectivity index (χ1v) is 7.79. The highest BCUT2D eigenvalue weighted by Gasteiger charge is 2.19. The molecule has 21 heavy (non-hydrogen) atoms. The SMILES string of the molecule is CCC(CCc1c(C)ccc(C)c1C)CC(N)C(=O)OC. The van der Waals surface area contributed by atoms with Gasteiger partial charge in [-0.2, -0.15) is 0 Å². The maximum Gasteiger partial charge on any atom is 0.322 e. The van der Waals surface area contributed by atoms with E-state index in [4.69, 9.17) is 10.5 Å². The minimum absolute atomic E-state index is 0.309. The lowest BCUT2D eigenvalue weighted by Crippen LogP contribution is -2.33. The van der Waals surface area contributed by atoms with E-state index in [9.17, 15) is 4.79 Å². The van der Waals surface area contributed by atoms with E-state index in [1.807, 2.05) is 0 Å². The highest BCUT2D eigenvalue weighted by atomic mass is 16.5. The molecule has 1 rings (SSSR count). The molecule has 0 heterocycles. The molecule has 3 nitrogen and oxygen atoms in total. The second kappa shape index (κ2) is 8.18. The minimum Gasteiger partial charge on any atom is -0.468 e. The Kier molecular flexibility index (Phi) is 6.90. The van der Waals surface area contributed by atoms with Gasteiger partial charge in [0.15, 0.2) is 0 Å². The Morgan fingerprint density at radius 2 is 1.86 bits per heavy atom. The summed E-state index contributed by atoms with van der Waals surface area (Å²) >= 11 is 0. The van der Waals surface area contributed by atoms with Crippen molar-refractivity contribution in [3.8, 4) is 0 Å². The van der Waals surface area contributed by atoms with Crippen molar-refractivity contribution in [3.05, 3.63) is 34.4 Å². The topological polar surface area (TPSA) is 52.3 Å². The number of esters is 1. The predicted molar refractivity (Wildman–Crippen MR) is 87.4 cm³/mol. The molecule has 2 atom stereocenters. The summed E-state index contributed by atoms with van der Waals surface area (Å²) < 4.78 is 4.71. The van der Waals surface area contributed by atoms with Crippen molar-refractivity contribution < 1.29 is 9.53 Å². The number of nitrogens with two attached hydrogens (primary N) is 1. The summed E-state index contributed by atoms with van der Waals surface area (Å²) in [5.74, 6) is 0.148. The molecular formula is C18H29NO2. The molecular weight excluding hydrogens is 262 g/mol. The average molecular weight is 291 g/mol. The highest BCUT2D eigenvalue weighted by molar-refractivity contribution is 5.75. The number of aryl methyl sites for hydroxylation is 2. The van der Waals surface area contributed by atoms with Crippen molar-refractivity contribution in [1.29, 1.82) is 0 Å². The smallest absolute Gasteiger partial charge is 0.322 e. The standard InChI is InChI=1S/C18H29NO2/c1-6-15(11-17(19)18(20)21-5)9-10-16-13(3)8-7-12(2)14(16)4/h7-8,15,17H,6,9-11,19H2,1-5H3. The monoisotopic (exact) mass is 291 g/mol. The van der Waals surface area contributed by atoms with Crippen LogP contribution in [0.1, 0.15) is 48.4 Å². The Bertz CT molecular complexity index is 482. The average Bonchev–Trinajstić information content (AvgIpc) is 2.48.